The summed E-state index contributed by atoms with van der Waals surface area (Å²) in [5, 5.41) is 6.54. The van der Waals surface area contributed by atoms with Gasteiger partial charge in [0.05, 0.1) is 0 Å². The second kappa shape index (κ2) is 5.05. The van der Waals surface area contributed by atoms with Crippen molar-refractivity contribution in [2.24, 2.45) is 0 Å². The van der Waals surface area contributed by atoms with Crippen molar-refractivity contribution < 1.29 is 0 Å². The van der Waals surface area contributed by atoms with E-state index in [0.29, 0.717) is 0 Å². The van der Waals surface area contributed by atoms with Gasteiger partial charge in [0.15, 0.2) is 0 Å². The minimum Gasteiger partial charge on any atom is -0.306 e. The average molecular weight is 218 g/mol. The van der Waals surface area contributed by atoms with Crippen molar-refractivity contribution in [2.45, 2.75) is 20.0 Å². The molecule has 0 bridgehead atoms. The molecule has 0 amide bonds. The van der Waals surface area contributed by atoms with Gasteiger partial charge < -0.3 is 5.32 Å². The molecule has 2 rings (SSSR count). The molecule has 0 spiro atoms. The van der Waals surface area contributed by atoms with Gasteiger partial charge in [-0.3, -0.25) is 0 Å². The number of nitrogens with one attached hydrogen (secondary N) is 1. The molecule has 0 saturated heterocycles. The predicted molar refractivity (Wildman–Crippen MR) is 63.8 cm³/mol. The van der Waals surface area contributed by atoms with Crippen molar-refractivity contribution in [3.05, 3.63) is 52.0 Å². The molecule has 15 heavy (non-hydrogen) atoms. The average Bonchev–Trinajstić information content (AvgIpc) is 2.74. The van der Waals surface area contributed by atoms with Crippen molar-refractivity contribution >= 4 is 11.3 Å². The molecule has 0 aliphatic heterocycles. The fourth-order valence-corrected chi connectivity index (χ4v) is 2.04. The summed E-state index contributed by atoms with van der Waals surface area (Å²) in [6.07, 6.45) is 1.84. The minimum atomic E-state index is 0.853. The highest BCUT2D eigenvalue weighted by Crippen LogP contribution is 2.07. The summed E-state index contributed by atoms with van der Waals surface area (Å²) in [7, 11) is 0. The van der Waals surface area contributed by atoms with Gasteiger partial charge in [-0.2, -0.15) is 0 Å². The Hall–Kier alpha value is -1.19. The number of hydrogen-bond donors (Lipinski definition) is 1. The van der Waals surface area contributed by atoms with Gasteiger partial charge in [0.1, 0.15) is 5.01 Å². The molecule has 0 unspecified atom stereocenters. The summed E-state index contributed by atoms with van der Waals surface area (Å²) in [4.78, 5) is 4.23. The summed E-state index contributed by atoms with van der Waals surface area (Å²) in [6, 6.07) is 8.44. The van der Waals surface area contributed by atoms with Crippen LogP contribution in [0.5, 0.6) is 0 Å². The molecule has 0 fully saturated rings. The van der Waals surface area contributed by atoms with Gasteiger partial charge in [0.25, 0.3) is 0 Å². The number of aryl methyl sites for hydroxylation is 1. The van der Waals surface area contributed by atoms with Crippen molar-refractivity contribution in [1.29, 1.82) is 0 Å². The number of hydrogen-bond acceptors (Lipinski definition) is 3. The molecule has 2 aromatic rings. The third-order valence-electron chi connectivity index (χ3n) is 2.34. The Bertz CT molecular complexity index is 409. The normalized spacial score (nSPS) is 10.5. The maximum atomic E-state index is 4.23. The van der Waals surface area contributed by atoms with Gasteiger partial charge in [-0.25, -0.2) is 4.98 Å². The van der Waals surface area contributed by atoms with Crippen LogP contribution in [0.2, 0.25) is 0 Å². The highest BCUT2D eigenvalue weighted by atomic mass is 32.1. The smallest absolute Gasteiger partial charge is 0.106 e. The Kier molecular flexibility index (Phi) is 3.48. The summed E-state index contributed by atoms with van der Waals surface area (Å²) in [5.74, 6) is 0. The summed E-state index contributed by atoms with van der Waals surface area (Å²) in [6.45, 7) is 3.90. The Labute approximate surface area is 94.0 Å². The zero-order valence-corrected chi connectivity index (χ0v) is 9.55. The Morgan fingerprint density at radius 3 is 2.87 bits per heavy atom. The van der Waals surface area contributed by atoms with E-state index in [0.717, 1.165) is 18.1 Å². The van der Waals surface area contributed by atoms with Gasteiger partial charge in [-0.1, -0.05) is 24.3 Å². The molecule has 0 aliphatic rings. The Morgan fingerprint density at radius 2 is 2.13 bits per heavy atom. The van der Waals surface area contributed by atoms with E-state index >= 15 is 0 Å². The van der Waals surface area contributed by atoms with Crippen LogP contribution in [-0.2, 0) is 13.1 Å². The Morgan fingerprint density at radius 1 is 1.27 bits per heavy atom. The van der Waals surface area contributed by atoms with Crippen LogP contribution >= 0.6 is 11.3 Å². The molecule has 0 radical (unpaired) electrons. The first-order chi connectivity index (χ1) is 7.36. The lowest BCUT2D eigenvalue weighted by Crippen LogP contribution is -2.13. The van der Waals surface area contributed by atoms with Crippen molar-refractivity contribution in [3.63, 3.8) is 0 Å². The fraction of sp³-hybridized carbons (Fsp3) is 0.250. The lowest BCUT2D eigenvalue weighted by atomic mass is 10.1. The molecular formula is C12H14N2S. The van der Waals surface area contributed by atoms with Gasteiger partial charge >= 0.3 is 0 Å². The molecular weight excluding hydrogens is 204 g/mol. The first kappa shape index (κ1) is 10.3. The van der Waals surface area contributed by atoms with Crippen LogP contribution in [0.4, 0.5) is 0 Å². The van der Waals surface area contributed by atoms with Crippen LogP contribution in [0.25, 0.3) is 0 Å². The van der Waals surface area contributed by atoms with Gasteiger partial charge in [0, 0.05) is 24.7 Å². The van der Waals surface area contributed by atoms with E-state index < -0.39 is 0 Å². The van der Waals surface area contributed by atoms with Crippen molar-refractivity contribution in [2.75, 3.05) is 0 Å². The highest BCUT2D eigenvalue weighted by molar-refractivity contribution is 7.09. The molecule has 78 valence electrons. The number of nitrogens with zero attached hydrogens (tertiary/aromatic N) is 1. The summed E-state index contributed by atoms with van der Waals surface area (Å²) < 4.78 is 0. The van der Waals surface area contributed by atoms with Crippen LogP contribution in [0, 0.1) is 6.92 Å². The molecule has 1 aromatic carbocycles. The van der Waals surface area contributed by atoms with Crippen molar-refractivity contribution in [3.8, 4) is 0 Å². The summed E-state index contributed by atoms with van der Waals surface area (Å²) in [5.41, 5.74) is 2.69. The van der Waals surface area contributed by atoms with E-state index in [1.807, 2.05) is 11.6 Å². The second-order valence-corrected chi connectivity index (χ2v) is 4.43. The van der Waals surface area contributed by atoms with E-state index in [2.05, 4.69) is 41.5 Å². The maximum Gasteiger partial charge on any atom is 0.106 e. The zero-order valence-electron chi connectivity index (χ0n) is 8.73. The second-order valence-electron chi connectivity index (χ2n) is 3.46. The standard InChI is InChI=1S/C12H14N2S/c1-10-4-2-3-5-11(10)8-13-9-12-14-6-7-15-12/h2-7,13H,8-9H2,1H3. The highest BCUT2D eigenvalue weighted by Gasteiger charge is 1.97. The lowest BCUT2D eigenvalue weighted by molar-refractivity contribution is 0.687. The zero-order chi connectivity index (χ0) is 10.5. The first-order valence-corrected chi connectivity index (χ1v) is 5.88. The molecule has 1 heterocycles. The van der Waals surface area contributed by atoms with Gasteiger partial charge in [-0.15, -0.1) is 11.3 Å². The van der Waals surface area contributed by atoms with Gasteiger partial charge in [-0.05, 0) is 18.1 Å². The number of benzene rings is 1. The molecule has 1 aromatic heterocycles. The van der Waals surface area contributed by atoms with Crippen LogP contribution in [0.15, 0.2) is 35.8 Å². The monoisotopic (exact) mass is 218 g/mol. The van der Waals surface area contributed by atoms with Gasteiger partial charge in [0.2, 0.25) is 0 Å². The Balaban J connectivity index is 1.86. The predicted octanol–water partition coefficient (Wildman–Crippen LogP) is 2.74. The third-order valence-corrected chi connectivity index (χ3v) is 3.12. The molecule has 2 nitrogen and oxygen atoms in total. The van der Waals surface area contributed by atoms with Crippen LogP contribution in [0.3, 0.4) is 0 Å². The lowest BCUT2D eigenvalue weighted by Gasteiger charge is -2.05. The largest absolute Gasteiger partial charge is 0.306 e. The van der Waals surface area contributed by atoms with Crippen molar-refractivity contribution in [1.82, 2.24) is 10.3 Å². The first-order valence-electron chi connectivity index (χ1n) is 5.00. The van der Waals surface area contributed by atoms with Crippen LogP contribution in [0.1, 0.15) is 16.1 Å². The van der Waals surface area contributed by atoms with E-state index in [1.165, 1.54) is 11.1 Å². The number of thiazole rings is 1. The third kappa shape index (κ3) is 2.88. The molecule has 3 heteroatoms. The molecule has 0 atom stereocenters. The fourth-order valence-electron chi connectivity index (χ4n) is 1.45. The quantitative estimate of drug-likeness (QED) is 0.853. The van der Waals surface area contributed by atoms with E-state index in [9.17, 15) is 0 Å². The topological polar surface area (TPSA) is 24.9 Å². The SMILES string of the molecule is Cc1ccccc1CNCc1nccs1. The van der Waals surface area contributed by atoms with E-state index in [-0.39, 0.29) is 0 Å². The van der Waals surface area contributed by atoms with E-state index in [4.69, 9.17) is 0 Å². The van der Waals surface area contributed by atoms with Crippen LogP contribution in [-0.4, -0.2) is 4.98 Å². The number of rotatable bonds is 4. The molecule has 1 N–H and O–H groups in total. The van der Waals surface area contributed by atoms with E-state index in [1.54, 1.807) is 11.3 Å². The molecule has 0 saturated carbocycles. The summed E-state index contributed by atoms with van der Waals surface area (Å²) >= 11 is 1.69. The maximum absolute atomic E-state index is 4.23. The van der Waals surface area contributed by atoms with Crippen LogP contribution < -0.4 is 5.32 Å². The minimum absolute atomic E-state index is 0.853. The molecule has 0 aliphatic carbocycles. The number of aromatic nitrogens is 1.